The molecule has 3 aromatic heterocycles. The Morgan fingerprint density at radius 2 is 2.10 bits per heavy atom. The van der Waals surface area contributed by atoms with E-state index in [0.717, 1.165) is 0 Å². The number of hydrogen-bond acceptors (Lipinski definition) is 8. The molecule has 8 heteroatoms. The van der Waals surface area contributed by atoms with Crippen LogP contribution >= 0.6 is 11.8 Å². The van der Waals surface area contributed by atoms with Crippen molar-refractivity contribution < 1.29 is 13.4 Å². The lowest BCUT2D eigenvalue weighted by atomic mass is 9.97. The van der Waals surface area contributed by atoms with E-state index < -0.39 is 0 Å². The van der Waals surface area contributed by atoms with Crippen LogP contribution in [0, 0.1) is 0 Å². The van der Waals surface area contributed by atoms with Crippen molar-refractivity contribution in [3.8, 4) is 11.6 Å². The van der Waals surface area contributed by atoms with Crippen molar-refractivity contribution in [2.24, 2.45) is 0 Å². The molecule has 0 radical (unpaired) electrons. The number of nitrogens with zero attached hydrogens (tertiary/aromatic N) is 4. The monoisotopic (exact) mass is 306 g/mol. The van der Waals surface area contributed by atoms with Crippen LogP contribution in [0.25, 0.3) is 11.6 Å². The van der Waals surface area contributed by atoms with Gasteiger partial charge in [-0.05, 0) is 12.1 Å². The predicted octanol–water partition coefficient (Wildman–Crippen LogP) is 3.30. The van der Waals surface area contributed by atoms with E-state index in [0.29, 0.717) is 34.3 Å². The van der Waals surface area contributed by atoms with Gasteiger partial charge in [-0.1, -0.05) is 37.7 Å². The lowest BCUT2D eigenvalue weighted by Crippen LogP contribution is -2.11. The fraction of sp³-hybridized carbons (Fsp3) is 0.385. The summed E-state index contributed by atoms with van der Waals surface area (Å²) in [5.74, 6) is 2.53. The Bertz CT molecular complexity index is 712. The molecule has 0 unspecified atom stereocenters. The summed E-state index contributed by atoms with van der Waals surface area (Å²) in [4.78, 5) is 4.24. The topological polar surface area (TPSA) is 91.0 Å². The Labute approximate surface area is 125 Å². The Kier molecular flexibility index (Phi) is 3.54. The fourth-order valence-corrected chi connectivity index (χ4v) is 2.11. The Morgan fingerprint density at radius 1 is 1.24 bits per heavy atom. The van der Waals surface area contributed by atoms with E-state index in [4.69, 9.17) is 13.4 Å². The molecule has 0 fully saturated rings. The summed E-state index contributed by atoms with van der Waals surface area (Å²) in [6, 6.07) is 3.54. The van der Waals surface area contributed by atoms with Crippen LogP contribution in [0.4, 0.5) is 0 Å². The van der Waals surface area contributed by atoms with E-state index in [1.807, 2.05) is 20.8 Å². The minimum Gasteiger partial charge on any atom is -0.461 e. The first-order valence-electron chi connectivity index (χ1n) is 6.35. The molecular weight excluding hydrogens is 292 g/mol. The van der Waals surface area contributed by atoms with Crippen molar-refractivity contribution >= 4 is 11.8 Å². The zero-order chi connectivity index (χ0) is 14.9. The highest BCUT2D eigenvalue weighted by molar-refractivity contribution is 7.98. The maximum absolute atomic E-state index is 5.58. The number of furan rings is 1. The average molecular weight is 306 g/mol. The summed E-state index contributed by atoms with van der Waals surface area (Å²) in [6.07, 6.45) is 1.56. The summed E-state index contributed by atoms with van der Waals surface area (Å²) in [7, 11) is 0. The highest BCUT2D eigenvalue weighted by atomic mass is 32.2. The minimum atomic E-state index is -0.164. The molecule has 0 aliphatic heterocycles. The van der Waals surface area contributed by atoms with Gasteiger partial charge < -0.3 is 13.4 Å². The molecule has 3 heterocycles. The maximum Gasteiger partial charge on any atom is 0.277 e. The van der Waals surface area contributed by atoms with Crippen LogP contribution in [0.15, 0.2) is 37.0 Å². The SMILES string of the molecule is CC(C)(C)c1nnc(SCc2nc(-c3ccco3)no2)o1. The highest BCUT2D eigenvalue weighted by Crippen LogP contribution is 2.26. The van der Waals surface area contributed by atoms with Crippen LogP contribution in [0.3, 0.4) is 0 Å². The molecule has 0 bridgehead atoms. The molecule has 3 aromatic rings. The molecule has 0 saturated carbocycles. The van der Waals surface area contributed by atoms with E-state index in [1.165, 1.54) is 11.8 Å². The van der Waals surface area contributed by atoms with Gasteiger partial charge in [0.1, 0.15) is 0 Å². The van der Waals surface area contributed by atoms with Gasteiger partial charge in [0.05, 0.1) is 12.0 Å². The van der Waals surface area contributed by atoms with Crippen molar-refractivity contribution in [3.05, 3.63) is 30.2 Å². The highest BCUT2D eigenvalue weighted by Gasteiger charge is 2.22. The van der Waals surface area contributed by atoms with E-state index in [1.54, 1.807) is 18.4 Å². The van der Waals surface area contributed by atoms with Gasteiger partial charge in [-0.3, -0.25) is 0 Å². The van der Waals surface area contributed by atoms with Crippen molar-refractivity contribution in [2.45, 2.75) is 37.2 Å². The second kappa shape index (κ2) is 5.36. The van der Waals surface area contributed by atoms with Crippen LogP contribution in [0.1, 0.15) is 32.6 Å². The quantitative estimate of drug-likeness (QED) is 0.678. The molecule has 0 atom stereocenters. The van der Waals surface area contributed by atoms with E-state index in [9.17, 15) is 0 Å². The summed E-state index contributed by atoms with van der Waals surface area (Å²) in [6.45, 7) is 6.05. The molecule has 3 rings (SSSR count). The summed E-state index contributed by atoms with van der Waals surface area (Å²) < 4.78 is 15.9. The summed E-state index contributed by atoms with van der Waals surface area (Å²) in [5, 5.41) is 12.4. The molecule has 7 nitrogen and oxygen atoms in total. The second-order valence-electron chi connectivity index (χ2n) is 5.40. The first-order valence-corrected chi connectivity index (χ1v) is 7.34. The first-order chi connectivity index (χ1) is 10.0. The minimum absolute atomic E-state index is 0.164. The van der Waals surface area contributed by atoms with Gasteiger partial charge in [-0.15, -0.1) is 10.2 Å². The third-order valence-corrected chi connectivity index (χ3v) is 3.38. The summed E-state index contributed by atoms with van der Waals surface area (Å²) >= 11 is 1.35. The van der Waals surface area contributed by atoms with E-state index >= 15 is 0 Å². The summed E-state index contributed by atoms with van der Waals surface area (Å²) in [5.41, 5.74) is -0.164. The smallest absolute Gasteiger partial charge is 0.277 e. The molecule has 0 N–H and O–H groups in total. The molecule has 21 heavy (non-hydrogen) atoms. The molecule has 0 aromatic carbocycles. The Balaban J connectivity index is 1.64. The molecule has 0 saturated heterocycles. The van der Waals surface area contributed by atoms with Gasteiger partial charge in [0.15, 0.2) is 5.76 Å². The Morgan fingerprint density at radius 3 is 2.76 bits per heavy atom. The standard InChI is InChI=1S/C13H14N4O3S/c1-13(2,3)11-15-16-12(19-11)21-7-9-14-10(17-20-9)8-5-4-6-18-8/h4-6H,7H2,1-3H3. The number of aromatic nitrogens is 4. The largest absolute Gasteiger partial charge is 0.461 e. The van der Waals surface area contributed by atoms with Crippen molar-refractivity contribution in [2.75, 3.05) is 0 Å². The van der Waals surface area contributed by atoms with Gasteiger partial charge in [0.25, 0.3) is 5.22 Å². The number of hydrogen-bond donors (Lipinski definition) is 0. The van der Waals surface area contributed by atoms with Crippen molar-refractivity contribution in [1.29, 1.82) is 0 Å². The van der Waals surface area contributed by atoms with Crippen LogP contribution in [-0.4, -0.2) is 20.3 Å². The van der Waals surface area contributed by atoms with Crippen LogP contribution in [0.5, 0.6) is 0 Å². The second-order valence-corrected chi connectivity index (χ2v) is 6.33. The molecule has 110 valence electrons. The lowest BCUT2D eigenvalue weighted by molar-refractivity contribution is 0.346. The normalized spacial score (nSPS) is 12.0. The molecule has 0 aliphatic rings. The van der Waals surface area contributed by atoms with Gasteiger partial charge in [0, 0.05) is 5.41 Å². The molecule has 0 aliphatic carbocycles. The lowest BCUT2D eigenvalue weighted by Gasteiger charge is -2.10. The fourth-order valence-electron chi connectivity index (χ4n) is 1.51. The average Bonchev–Trinajstić information content (AvgIpc) is 3.16. The van der Waals surface area contributed by atoms with Crippen molar-refractivity contribution in [3.63, 3.8) is 0 Å². The molecule has 0 spiro atoms. The zero-order valence-electron chi connectivity index (χ0n) is 11.9. The van der Waals surface area contributed by atoms with E-state index in [-0.39, 0.29) is 5.41 Å². The van der Waals surface area contributed by atoms with Crippen LogP contribution in [0.2, 0.25) is 0 Å². The maximum atomic E-state index is 5.58. The zero-order valence-corrected chi connectivity index (χ0v) is 12.7. The molecule has 0 amide bonds. The Hall–Kier alpha value is -2.09. The predicted molar refractivity (Wildman–Crippen MR) is 74.6 cm³/mol. The van der Waals surface area contributed by atoms with Gasteiger partial charge >= 0.3 is 0 Å². The van der Waals surface area contributed by atoms with Crippen LogP contribution < -0.4 is 0 Å². The van der Waals surface area contributed by atoms with Crippen LogP contribution in [-0.2, 0) is 11.2 Å². The molecular formula is C13H14N4O3S. The first kappa shape index (κ1) is 13.9. The van der Waals surface area contributed by atoms with E-state index in [2.05, 4.69) is 20.3 Å². The number of thioether (sulfide) groups is 1. The van der Waals surface area contributed by atoms with Crippen molar-refractivity contribution in [1.82, 2.24) is 20.3 Å². The van der Waals surface area contributed by atoms with Gasteiger partial charge in [-0.25, -0.2) is 0 Å². The number of rotatable bonds is 4. The third-order valence-electron chi connectivity index (χ3n) is 2.58. The third kappa shape index (κ3) is 3.15. The van der Waals surface area contributed by atoms with Gasteiger partial charge in [-0.2, -0.15) is 4.98 Å². The van der Waals surface area contributed by atoms with Gasteiger partial charge in [0.2, 0.25) is 17.6 Å².